The molecule has 0 bridgehead atoms. The standard InChI is InChI=1S/C27H28ClN3O2/c1-33-25-16-9-4-11-20(25)19-31-24-15-8-7-14-23(24)30-26(31)17-3-2-10-18-29-27(32)21-12-5-6-13-22(21)28/h4-9,11-16H,2-3,10,17-19H2,1H3,(H,29,32). The molecule has 0 aliphatic rings. The van der Waals surface area contributed by atoms with Gasteiger partial charge in [0.05, 0.1) is 35.3 Å². The van der Waals surface area contributed by atoms with E-state index in [9.17, 15) is 4.79 Å². The zero-order valence-corrected chi connectivity index (χ0v) is 19.5. The largest absolute Gasteiger partial charge is 0.496 e. The minimum atomic E-state index is -0.126. The molecule has 6 heteroatoms. The molecule has 5 nitrogen and oxygen atoms in total. The summed E-state index contributed by atoms with van der Waals surface area (Å²) in [5.41, 5.74) is 3.79. The second kappa shape index (κ2) is 11.0. The van der Waals surface area contributed by atoms with E-state index >= 15 is 0 Å². The highest BCUT2D eigenvalue weighted by atomic mass is 35.5. The Balaban J connectivity index is 1.35. The zero-order chi connectivity index (χ0) is 23.0. The molecule has 0 fully saturated rings. The lowest BCUT2D eigenvalue weighted by Gasteiger charge is -2.12. The Hall–Kier alpha value is -3.31. The van der Waals surface area contributed by atoms with E-state index in [4.69, 9.17) is 21.3 Å². The van der Waals surface area contributed by atoms with Gasteiger partial charge in [-0.15, -0.1) is 0 Å². The minimum absolute atomic E-state index is 0.126. The number of para-hydroxylation sites is 3. The number of hydrogen-bond acceptors (Lipinski definition) is 3. The molecule has 1 heterocycles. The van der Waals surface area contributed by atoms with Crippen LogP contribution in [0.15, 0.2) is 72.8 Å². The molecule has 0 aliphatic carbocycles. The number of carbonyl (C=O) groups excluding carboxylic acids is 1. The van der Waals surface area contributed by atoms with Crippen LogP contribution in [0.1, 0.15) is 41.0 Å². The molecule has 0 saturated carbocycles. The minimum Gasteiger partial charge on any atom is -0.496 e. The van der Waals surface area contributed by atoms with Crippen LogP contribution >= 0.6 is 11.6 Å². The number of nitrogens with zero attached hydrogens (tertiary/aromatic N) is 2. The lowest BCUT2D eigenvalue weighted by Crippen LogP contribution is -2.24. The van der Waals surface area contributed by atoms with Crippen molar-refractivity contribution in [2.24, 2.45) is 0 Å². The van der Waals surface area contributed by atoms with Crippen molar-refractivity contribution in [3.05, 3.63) is 94.8 Å². The Bertz CT molecular complexity index is 1240. The van der Waals surface area contributed by atoms with Gasteiger partial charge in [-0.3, -0.25) is 4.79 Å². The number of nitrogens with one attached hydrogen (secondary N) is 1. The first-order chi connectivity index (χ1) is 16.2. The maximum atomic E-state index is 12.3. The van der Waals surface area contributed by atoms with Gasteiger partial charge in [0.1, 0.15) is 11.6 Å². The number of carbonyl (C=O) groups is 1. The predicted molar refractivity (Wildman–Crippen MR) is 133 cm³/mol. The van der Waals surface area contributed by atoms with E-state index in [1.165, 1.54) is 0 Å². The maximum Gasteiger partial charge on any atom is 0.252 e. The van der Waals surface area contributed by atoms with E-state index < -0.39 is 0 Å². The second-order valence-corrected chi connectivity index (χ2v) is 8.37. The third kappa shape index (κ3) is 5.55. The lowest BCUT2D eigenvalue weighted by molar-refractivity contribution is 0.0953. The molecule has 1 aromatic heterocycles. The van der Waals surface area contributed by atoms with Gasteiger partial charge in [0.15, 0.2) is 0 Å². The van der Waals surface area contributed by atoms with Crippen LogP contribution in [0, 0.1) is 0 Å². The number of methoxy groups -OCH3 is 1. The number of aromatic nitrogens is 2. The lowest BCUT2D eigenvalue weighted by atomic mass is 10.1. The van der Waals surface area contributed by atoms with E-state index in [1.54, 1.807) is 19.2 Å². The Morgan fingerprint density at radius 2 is 1.73 bits per heavy atom. The van der Waals surface area contributed by atoms with Crippen molar-refractivity contribution in [3.63, 3.8) is 0 Å². The van der Waals surface area contributed by atoms with E-state index in [0.29, 0.717) is 23.7 Å². The summed E-state index contributed by atoms with van der Waals surface area (Å²) in [6.45, 7) is 1.34. The molecule has 1 N–H and O–H groups in total. The van der Waals surface area contributed by atoms with Crippen molar-refractivity contribution in [3.8, 4) is 5.75 Å². The Morgan fingerprint density at radius 3 is 2.58 bits per heavy atom. The molecular formula is C27H28ClN3O2. The van der Waals surface area contributed by atoms with Crippen LogP contribution in [0.3, 0.4) is 0 Å². The highest BCUT2D eigenvalue weighted by Crippen LogP contribution is 2.24. The number of imidazole rings is 1. The summed E-state index contributed by atoms with van der Waals surface area (Å²) in [5.74, 6) is 1.83. The fourth-order valence-electron chi connectivity index (χ4n) is 4.02. The Labute approximate surface area is 199 Å². The molecule has 0 aliphatic heterocycles. The van der Waals surface area contributed by atoms with Crippen LogP contribution < -0.4 is 10.1 Å². The molecule has 0 unspecified atom stereocenters. The van der Waals surface area contributed by atoms with E-state index in [2.05, 4.69) is 28.1 Å². The smallest absolute Gasteiger partial charge is 0.252 e. The Morgan fingerprint density at radius 1 is 0.970 bits per heavy atom. The molecule has 4 aromatic rings. The number of ether oxygens (including phenoxy) is 1. The molecule has 0 atom stereocenters. The van der Waals surface area contributed by atoms with Gasteiger partial charge in [-0.1, -0.05) is 60.5 Å². The molecule has 4 rings (SSSR count). The van der Waals surface area contributed by atoms with Gasteiger partial charge >= 0.3 is 0 Å². The first-order valence-electron chi connectivity index (χ1n) is 11.3. The molecule has 33 heavy (non-hydrogen) atoms. The third-order valence-electron chi connectivity index (χ3n) is 5.74. The van der Waals surface area contributed by atoms with Crippen molar-refractivity contribution in [1.29, 1.82) is 0 Å². The number of unbranched alkanes of at least 4 members (excludes halogenated alkanes) is 2. The van der Waals surface area contributed by atoms with E-state index in [1.807, 2.05) is 42.5 Å². The summed E-state index contributed by atoms with van der Waals surface area (Å²) < 4.78 is 7.84. The molecule has 170 valence electrons. The summed E-state index contributed by atoms with van der Waals surface area (Å²) in [6.07, 6.45) is 3.78. The number of aryl methyl sites for hydroxylation is 1. The SMILES string of the molecule is COc1ccccc1Cn1c(CCCCCNC(=O)c2ccccc2Cl)nc2ccccc21. The number of hydrogen-bond donors (Lipinski definition) is 1. The average Bonchev–Trinajstić information content (AvgIpc) is 3.19. The van der Waals surface area contributed by atoms with Crippen LogP contribution in [0.5, 0.6) is 5.75 Å². The number of halogens is 1. The zero-order valence-electron chi connectivity index (χ0n) is 18.8. The first kappa shape index (κ1) is 22.9. The van der Waals surface area contributed by atoms with Crippen LogP contribution in [-0.2, 0) is 13.0 Å². The quantitative estimate of drug-likeness (QED) is 0.299. The monoisotopic (exact) mass is 461 g/mol. The number of benzene rings is 3. The van der Waals surface area contributed by atoms with E-state index in [-0.39, 0.29) is 5.91 Å². The fourth-order valence-corrected chi connectivity index (χ4v) is 4.25. The van der Waals surface area contributed by atoms with Gasteiger partial charge in [-0.2, -0.15) is 0 Å². The van der Waals surface area contributed by atoms with Crippen LogP contribution in [-0.4, -0.2) is 29.1 Å². The van der Waals surface area contributed by atoms with Gasteiger partial charge in [-0.05, 0) is 43.2 Å². The van der Waals surface area contributed by atoms with Crippen molar-refractivity contribution in [1.82, 2.24) is 14.9 Å². The van der Waals surface area contributed by atoms with Crippen LogP contribution in [0.4, 0.5) is 0 Å². The van der Waals surface area contributed by atoms with Gasteiger partial charge in [-0.25, -0.2) is 4.98 Å². The topological polar surface area (TPSA) is 56.1 Å². The fraction of sp³-hybridized carbons (Fsp3) is 0.259. The molecule has 3 aromatic carbocycles. The average molecular weight is 462 g/mol. The van der Waals surface area contributed by atoms with Gasteiger partial charge in [0.25, 0.3) is 5.91 Å². The van der Waals surface area contributed by atoms with Crippen molar-refractivity contribution in [2.45, 2.75) is 32.2 Å². The second-order valence-electron chi connectivity index (χ2n) is 7.96. The highest BCUT2D eigenvalue weighted by molar-refractivity contribution is 6.33. The number of fused-ring (bicyclic) bond motifs is 1. The van der Waals surface area contributed by atoms with Crippen LogP contribution in [0.2, 0.25) is 5.02 Å². The summed E-state index contributed by atoms with van der Waals surface area (Å²) in [7, 11) is 1.70. The third-order valence-corrected chi connectivity index (χ3v) is 6.07. The van der Waals surface area contributed by atoms with Gasteiger partial charge in [0, 0.05) is 18.5 Å². The summed E-state index contributed by atoms with van der Waals surface area (Å²) >= 11 is 6.10. The summed E-state index contributed by atoms with van der Waals surface area (Å²) in [6, 6.07) is 23.5. The first-order valence-corrected chi connectivity index (χ1v) is 11.6. The van der Waals surface area contributed by atoms with Gasteiger partial charge < -0.3 is 14.6 Å². The molecule has 1 amide bonds. The Kier molecular flexibility index (Phi) is 7.63. The van der Waals surface area contributed by atoms with Crippen molar-refractivity contribution in [2.75, 3.05) is 13.7 Å². The predicted octanol–water partition coefficient (Wildman–Crippen LogP) is 5.89. The maximum absolute atomic E-state index is 12.3. The molecule has 0 spiro atoms. The van der Waals surface area contributed by atoms with Crippen molar-refractivity contribution < 1.29 is 9.53 Å². The summed E-state index contributed by atoms with van der Waals surface area (Å²) in [5, 5.41) is 3.43. The number of amides is 1. The van der Waals surface area contributed by atoms with Gasteiger partial charge in [0.2, 0.25) is 0 Å². The summed E-state index contributed by atoms with van der Waals surface area (Å²) in [4.78, 5) is 17.2. The van der Waals surface area contributed by atoms with E-state index in [0.717, 1.165) is 53.9 Å². The molecular weight excluding hydrogens is 434 g/mol. The number of rotatable bonds is 10. The normalized spacial score (nSPS) is 11.0. The molecule has 0 saturated heterocycles. The van der Waals surface area contributed by atoms with Crippen molar-refractivity contribution >= 4 is 28.5 Å². The van der Waals surface area contributed by atoms with Crippen LogP contribution in [0.25, 0.3) is 11.0 Å². The highest BCUT2D eigenvalue weighted by Gasteiger charge is 2.13. The molecule has 0 radical (unpaired) electrons.